The number of nitrogens with one attached hydrogen (secondary N) is 1. The van der Waals surface area contributed by atoms with Crippen LogP contribution >= 0.6 is 11.6 Å². The molecule has 0 spiro atoms. The lowest BCUT2D eigenvalue weighted by atomic mass is 10.1. The topological polar surface area (TPSA) is 41.5 Å². The summed E-state index contributed by atoms with van der Waals surface area (Å²) >= 11 is 6.00. The second kappa shape index (κ2) is 10.9. The van der Waals surface area contributed by atoms with Crippen molar-refractivity contribution in [3.8, 4) is 5.75 Å². The van der Waals surface area contributed by atoms with Gasteiger partial charge in [-0.05, 0) is 25.5 Å². The zero-order chi connectivity index (χ0) is 15.5. The van der Waals surface area contributed by atoms with Crippen LogP contribution in [0.15, 0.2) is 24.3 Å². The van der Waals surface area contributed by atoms with Crippen molar-refractivity contribution in [1.82, 2.24) is 5.32 Å². The Bertz CT molecular complexity index is 387. The van der Waals surface area contributed by atoms with Crippen LogP contribution in [0.3, 0.4) is 0 Å². The Morgan fingerprint density at radius 3 is 2.71 bits per heavy atom. The zero-order valence-electron chi connectivity index (χ0n) is 13.1. The first kappa shape index (κ1) is 18.3. The SMILES string of the molecule is CCCCCCC(C)NCC(O)COc1ccccc1Cl. The highest BCUT2D eigenvalue weighted by molar-refractivity contribution is 6.32. The summed E-state index contributed by atoms with van der Waals surface area (Å²) in [4.78, 5) is 0. The van der Waals surface area contributed by atoms with Crippen LogP contribution in [0, 0.1) is 0 Å². The largest absolute Gasteiger partial charge is 0.489 e. The van der Waals surface area contributed by atoms with E-state index in [2.05, 4.69) is 19.2 Å². The van der Waals surface area contributed by atoms with Crippen LogP contribution in [-0.2, 0) is 0 Å². The van der Waals surface area contributed by atoms with Crippen molar-refractivity contribution in [2.24, 2.45) is 0 Å². The molecule has 0 fully saturated rings. The van der Waals surface area contributed by atoms with Crippen LogP contribution in [0.2, 0.25) is 5.02 Å². The number of para-hydroxylation sites is 1. The number of halogens is 1. The minimum absolute atomic E-state index is 0.249. The van der Waals surface area contributed by atoms with Crippen LogP contribution in [-0.4, -0.2) is 30.4 Å². The van der Waals surface area contributed by atoms with Crippen LogP contribution in [0.4, 0.5) is 0 Å². The molecule has 2 atom stereocenters. The molecule has 0 bridgehead atoms. The Morgan fingerprint density at radius 1 is 1.24 bits per heavy atom. The average Bonchev–Trinajstić information content (AvgIpc) is 2.48. The Morgan fingerprint density at radius 2 is 2.00 bits per heavy atom. The molecule has 0 saturated carbocycles. The smallest absolute Gasteiger partial charge is 0.138 e. The molecule has 2 unspecified atom stereocenters. The highest BCUT2D eigenvalue weighted by Crippen LogP contribution is 2.23. The summed E-state index contributed by atoms with van der Waals surface area (Å²) in [6.07, 6.45) is 5.73. The maximum absolute atomic E-state index is 9.93. The van der Waals surface area contributed by atoms with Gasteiger partial charge in [0.1, 0.15) is 18.5 Å². The molecule has 0 aromatic heterocycles. The number of hydrogen-bond acceptors (Lipinski definition) is 3. The van der Waals surface area contributed by atoms with E-state index in [-0.39, 0.29) is 6.61 Å². The van der Waals surface area contributed by atoms with Crippen molar-refractivity contribution in [2.45, 2.75) is 58.1 Å². The summed E-state index contributed by atoms with van der Waals surface area (Å²) in [7, 11) is 0. The van der Waals surface area contributed by atoms with Crippen LogP contribution in [0.5, 0.6) is 5.75 Å². The number of benzene rings is 1. The molecule has 4 heteroatoms. The molecule has 0 heterocycles. The van der Waals surface area contributed by atoms with Crippen molar-refractivity contribution >= 4 is 11.6 Å². The van der Waals surface area contributed by atoms with Gasteiger partial charge in [-0.3, -0.25) is 0 Å². The van der Waals surface area contributed by atoms with Crippen molar-refractivity contribution in [3.05, 3.63) is 29.3 Å². The van der Waals surface area contributed by atoms with Gasteiger partial charge in [0, 0.05) is 12.6 Å². The molecule has 1 rings (SSSR count). The molecule has 0 aliphatic carbocycles. The van der Waals surface area contributed by atoms with Crippen LogP contribution in [0.25, 0.3) is 0 Å². The molecule has 3 nitrogen and oxygen atoms in total. The second-order valence-corrected chi connectivity index (χ2v) is 5.96. The third-order valence-electron chi connectivity index (χ3n) is 3.46. The van der Waals surface area contributed by atoms with Gasteiger partial charge < -0.3 is 15.2 Å². The lowest BCUT2D eigenvalue weighted by Crippen LogP contribution is -2.36. The first-order valence-corrected chi connectivity index (χ1v) is 8.30. The predicted molar refractivity (Wildman–Crippen MR) is 89.2 cm³/mol. The summed E-state index contributed by atoms with van der Waals surface area (Å²) in [5.74, 6) is 0.617. The Balaban J connectivity index is 2.13. The van der Waals surface area contributed by atoms with E-state index >= 15 is 0 Å². The van der Waals surface area contributed by atoms with E-state index in [4.69, 9.17) is 16.3 Å². The van der Waals surface area contributed by atoms with Gasteiger partial charge in [0.05, 0.1) is 5.02 Å². The van der Waals surface area contributed by atoms with Gasteiger partial charge in [0.2, 0.25) is 0 Å². The minimum Gasteiger partial charge on any atom is -0.489 e. The third-order valence-corrected chi connectivity index (χ3v) is 3.77. The van der Waals surface area contributed by atoms with E-state index in [0.717, 1.165) is 6.42 Å². The lowest BCUT2D eigenvalue weighted by molar-refractivity contribution is 0.104. The molecule has 0 aliphatic heterocycles. The predicted octanol–water partition coefficient (Wildman–Crippen LogP) is 4.03. The van der Waals surface area contributed by atoms with E-state index in [0.29, 0.717) is 23.4 Å². The summed E-state index contributed by atoms with van der Waals surface area (Å²) in [5.41, 5.74) is 0. The van der Waals surface area contributed by atoms with Crippen LogP contribution < -0.4 is 10.1 Å². The Labute approximate surface area is 133 Å². The minimum atomic E-state index is -0.528. The van der Waals surface area contributed by atoms with Gasteiger partial charge in [-0.25, -0.2) is 0 Å². The number of hydrogen-bond donors (Lipinski definition) is 2. The Hall–Kier alpha value is -0.770. The maximum Gasteiger partial charge on any atom is 0.138 e. The molecule has 0 saturated heterocycles. The first-order chi connectivity index (χ1) is 10.1. The van der Waals surface area contributed by atoms with Gasteiger partial charge >= 0.3 is 0 Å². The number of unbranched alkanes of at least 4 members (excludes halogenated alkanes) is 3. The van der Waals surface area contributed by atoms with Gasteiger partial charge in [-0.1, -0.05) is 56.3 Å². The lowest BCUT2D eigenvalue weighted by Gasteiger charge is -2.18. The number of ether oxygens (including phenoxy) is 1. The highest BCUT2D eigenvalue weighted by atomic mass is 35.5. The highest BCUT2D eigenvalue weighted by Gasteiger charge is 2.09. The fourth-order valence-electron chi connectivity index (χ4n) is 2.12. The molecule has 120 valence electrons. The molecule has 1 aromatic rings. The van der Waals surface area contributed by atoms with Crippen molar-refractivity contribution in [2.75, 3.05) is 13.2 Å². The van der Waals surface area contributed by atoms with E-state index in [1.54, 1.807) is 12.1 Å². The van der Waals surface area contributed by atoms with Crippen molar-refractivity contribution < 1.29 is 9.84 Å². The number of aliphatic hydroxyl groups is 1. The maximum atomic E-state index is 9.93. The third kappa shape index (κ3) is 8.30. The standard InChI is InChI=1S/C17H28ClNO2/c1-3-4-5-6-9-14(2)19-12-15(20)13-21-17-11-8-7-10-16(17)18/h7-8,10-11,14-15,19-20H,3-6,9,12-13H2,1-2H3. The van der Waals surface area contributed by atoms with Gasteiger partial charge in [0.25, 0.3) is 0 Å². The van der Waals surface area contributed by atoms with Crippen molar-refractivity contribution in [3.63, 3.8) is 0 Å². The fourth-order valence-corrected chi connectivity index (χ4v) is 2.31. The first-order valence-electron chi connectivity index (χ1n) is 7.92. The van der Waals surface area contributed by atoms with E-state index in [1.165, 1.54) is 25.7 Å². The zero-order valence-corrected chi connectivity index (χ0v) is 13.9. The molecule has 0 radical (unpaired) electrons. The normalized spacial score (nSPS) is 13.9. The average molecular weight is 314 g/mol. The monoisotopic (exact) mass is 313 g/mol. The van der Waals surface area contributed by atoms with E-state index in [9.17, 15) is 5.11 Å². The molecule has 0 aliphatic rings. The van der Waals surface area contributed by atoms with Crippen LogP contribution in [0.1, 0.15) is 46.0 Å². The molecule has 21 heavy (non-hydrogen) atoms. The summed E-state index contributed by atoms with van der Waals surface area (Å²) in [5, 5.41) is 13.8. The van der Waals surface area contributed by atoms with Gasteiger partial charge in [-0.2, -0.15) is 0 Å². The molecule has 0 amide bonds. The fraction of sp³-hybridized carbons (Fsp3) is 0.647. The molecular formula is C17H28ClNO2. The number of rotatable bonds is 11. The number of aliphatic hydroxyl groups excluding tert-OH is 1. The van der Waals surface area contributed by atoms with E-state index < -0.39 is 6.10 Å². The molecule has 2 N–H and O–H groups in total. The summed E-state index contributed by atoms with van der Waals surface area (Å²) < 4.78 is 5.52. The van der Waals surface area contributed by atoms with Gasteiger partial charge in [0.15, 0.2) is 0 Å². The van der Waals surface area contributed by atoms with E-state index in [1.807, 2.05) is 12.1 Å². The molecular weight excluding hydrogens is 286 g/mol. The molecule has 1 aromatic carbocycles. The quantitative estimate of drug-likeness (QED) is 0.606. The summed E-state index contributed by atoms with van der Waals surface area (Å²) in [6, 6.07) is 7.73. The second-order valence-electron chi connectivity index (χ2n) is 5.55. The summed E-state index contributed by atoms with van der Waals surface area (Å²) in [6.45, 7) is 5.17. The Kier molecular flexibility index (Phi) is 9.48. The van der Waals surface area contributed by atoms with Crippen molar-refractivity contribution in [1.29, 1.82) is 0 Å². The van der Waals surface area contributed by atoms with Gasteiger partial charge in [-0.15, -0.1) is 0 Å².